The van der Waals surface area contributed by atoms with Crippen LogP contribution in [0, 0.1) is 0 Å². The van der Waals surface area contributed by atoms with Gasteiger partial charge in [0.25, 0.3) is 5.91 Å². The van der Waals surface area contributed by atoms with Crippen molar-refractivity contribution < 1.29 is 23.9 Å². The van der Waals surface area contributed by atoms with Crippen LogP contribution in [-0.4, -0.2) is 52.5 Å². The second-order valence-electron chi connectivity index (χ2n) is 6.09. The number of hydrogen-bond acceptors (Lipinski definition) is 7. The molecule has 1 aromatic heterocycles. The zero-order chi connectivity index (χ0) is 21.0. The number of ether oxygens (including phenoxy) is 1. The predicted molar refractivity (Wildman–Crippen MR) is 107 cm³/mol. The summed E-state index contributed by atoms with van der Waals surface area (Å²) in [5, 5.41) is 2.72. The van der Waals surface area contributed by atoms with Crippen molar-refractivity contribution >= 4 is 52.7 Å². The number of benzene rings is 1. The molecule has 0 bridgehead atoms. The third-order valence-corrected chi connectivity index (χ3v) is 5.50. The lowest BCUT2D eigenvalue weighted by Crippen LogP contribution is -2.26. The molecule has 1 fully saturated rings. The molecule has 1 aromatic carbocycles. The van der Waals surface area contributed by atoms with E-state index < -0.39 is 23.7 Å². The fourth-order valence-electron chi connectivity index (χ4n) is 2.53. The third kappa shape index (κ3) is 5.12. The minimum atomic E-state index is -0.753. The van der Waals surface area contributed by atoms with Gasteiger partial charge in [-0.2, -0.15) is 0 Å². The summed E-state index contributed by atoms with van der Waals surface area (Å²) in [6.45, 7) is -0.496. The van der Waals surface area contributed by atoms with Crippen molar-refractivity contribution in [2.75, 3.05) is 19.0 Å². The Hall–Kier alpha value is -2.91. The Morgan fingerprint density at radius 1 is 1.28 bits per heavy atom. The zero-order valence-electron chi connectivity index (χ0n) is 15.3. The number of rotatable bonds is 6. The first-order chi connectivity index (χ1) is 13.8. The van der Waals surface area contributed by atoms with Gasteiger partial charge in [0.1, 0.15) is 5.03 Å². The number of aromatic nitrogens is 1. The quantitative estimate of drug-likeness (QED) is 0.550. The van der Waals surface area contributed by atoms with E-state index in [-0.39, 0.29) is 28.8 Å². The van der Waals surface area contributed by atoms with Crippen molar-refractivity contribution in [2.45, 2.75) is 16.7 Å². The average Bonchev–Trinajstić information content (AvgIpc) is 2.95. The van der Waals surface area contributed by atoms with Crippen molar-refractivity contribution in [1.82, 2.24) is 9.88 Å². The SMILES string of the molecule is CN1C(=O)CC(Sc2ncccc2C(=O)OCC(=O)Nc2ccc(Cl)cc2)C1=O. The minimum absolute atomic E-state index is 0.0363. The number of amides is 3. The van der Waals surface area contributed by atoms with Crippen LogP contribution in [0.15, 0.2) is 47.6 Å². The molecule has 29 heavy (non-hydrogen) atoms. The highest BCUT2D eigenvalue weighted by molar-refractivity contribution is 8.00. The van der Waals surface area contributed by atoms with Gasteiger partial charge in [0.2, 0.25) is 11.8 Å². The summed E-state index contributed by atoms with van der Waals surface area (Å²) in [6, 6.07) is 9.51. The van der Waals surface area contributed by atoms with Gasteiger partial charge in [0.05, 0.1) is 10.8 Å². The van der Waals surface area contributed by atoms with Crippen LogP contribution in [0.5, 0.6) is 0 Å². The number of thioether (sulfide) groups is 1. The summed E-state index contributed by atoms with van der Waals surface area (Å²) in [6.07, 6.45) is 1.51. The fraction of sp³-hybridized carbons (Fsp3) is 0.211. The summed E-state index contributed by atoms with van der Waals surface area (Å²) in [4.78, 5) is 53.3. The maximum Gasteiger partial charge on any atom is 0.341 e. The number of likely N-dealkylation sites (tertiary alicyclic amines) is 1. The molecule has 1 N–H and O–H groups in total. The molecule has 3 rings (SSSR count). The van der Waals surface area contributed by atoms with Gasteiger partial charge < -0.3 is 10.1 Å². The van der Waals surface area contributed by atoms with Crippen LogP contribution in [0.25, 0.3) is 0 Å². The van der Waals surface area contributed by atoms with E-state index in [0.717, 1.165) is 16.7 Å². The van der Waals surface area contributed by atoms with E-state index in [4.69, 9.17) is 16.3 Å². The molecule has 2 aromatic rings. The largest absolute Gasteiger partial charge is 0.452 e. The number of carbonyl (C=O) groups excluding carboxylic acids is 4. The summed E-state index contributed by atoms with van der Waals surface area (Å²) in [7, 11) is 1.41. The van der Waals surface area contributed by atoms with E-state index in [9.17, 15) is 19.2 Å². The number of halogens is 1. The van der Waals surface area contributed by atoms with Gasteiger partial charge in [-0.25, -0.2) is 9.78 Å². The molecular formula is C19H16ClN3O5S. The monoisotopic (exact) mass is 433 g/mol. The summed E-state index contributed by atoms with van der Waals surface area (Å²) < 4.78 is 5.07. The number of imide groups is 1. The van der Waals surface area contributed by atoms with E-state index >= 15 is 0 Å². The number of anilines is 1. The van der Waals surface area contributed by atoms with Gasteiger partial charge in [0.15, 0.2) is 6.61 Å². The van der Waals surface area contributed by atoms with Crippen molar-refractivity contribution in [3.63, 3.8) is 0 Å². The minimum Gasteiger partial charge on any atom is -0.452 e. The Balaban J connectivity index is 1.61. The molecule has 1 aliphatic rings. The number of carbonyl (C=O) groups is 4. The highest BCUT2D eigenvalue weighted by atomic mass is 35.5. The lowest BCUT2D eigenvalue weighted by Gasteiger charge is -2.11. The number of pyridine rings is 1. The van der Waals surface area contributed by atoms with Crippen LogP contribution < -0.4 is 5.32 Å². The molecule has 1 saturated heterocycles. The lowest BCUT2D eigenvalue weighted by molar-refractivity contribution is -0.136. The van der Waals surface area contributed by atoms with Crippen molar-refractivity contribution in [3.05, 3.63) is 53.2 Å². The maximum atomic E-state index is 12.4. The van der Waals surface area contributed by atoms with Gasteiger partial charge in [0, 0.05) is 30.4 Å². The number of nitrogens with one attached hydrogen (secondary N) is 1. The first-order valence-electron chi connectivity index (χ1n) is 8.50. The second-order valence-corrected chi connectivity index (χ2v) is 7.72. The van der Waals surface area contributed by atoms with Gasteiger partial charge in [-0.05, 0) is 36.4 Å². The van der Waals surface area contributed by atoms with E-state index in [2.05, 4.69) is 10.3 Å². The molecule has 10 heteroatoms. The Labute approximate surface area is 175 Å². The highest BCUT2D eigenvalue weighted by Gasteiger charge is 2.37. The smallest absolute Gasteiger partial charge is 0.341 e. The van der Waals surface area contributed by atoms with Gasteiger partial charge in [-0.3, -0.25) is 19.3 Å². The molecule has 3 amide bonds. The predicted octanol–water partition coefficient (Wildman–Crippen LogP) is 2.38. The van der Waals surface area contributed by atoms with Crippen molar-refractivity contribution in [2.24, 2.45) is 0 Å². The maximum absolute atomic E-state index is 12.4. The Bertz CT molecular complexity index is 967. The molecule has 1 unspecified atom stereocenters. The van der Waals surface area contributed by atoms with E-state index in [1.54, 1.807) is 30.3 Å². The number of esters is 1. The summed E-state index contributed by atoms with van der Waals surface area (Å²) >= 11 is 6.81. The van der Waals surface area contributed by atoms with Crippen LogP contribution in [-0.2, 0) is 19.1 Å². The zero-order valence-corrected chi connectivity index (χ0v) is 16.8. The van der Waals surface area contributed by atoms with Crippen molar-refractivity contribution in [1.29, 1.82) is 0 Å². The van der Waals surface area contributed by atoms with E-state index in [0.29, 0.717) is 10.7 Å². The molecular weight excluding hydrogens is 418 g/mol. The third-order valence-electron chi connectivity index (χ3n) is 4.05. The van der Waals surface area contributed by atoms with Gasteiger partial charge in [-0.15, -0.1) is 0 Å². The highest BCUT2D eigenvalue weighted by Crippen LogP contribution is 2.31. The van der Waals surface area contributed by atoms with Crippen LogP contribution in [0.4, 0.5) is 5.69 Å². The normalized spacial score (nSPS) is 16.1. The van der Waals surface area contributed by atoms with Gasteiger partial charge >= 0.3 is 5.97 Å². The van der Waals surface area contributed by atoms with Gasteiger partial charge in [-0.1, -0.05) is 23.4 Å². The standard InChI is InChI=1S/C19H16ClN3O5S/c1-23-16(25)9-14(18(23)26)29-17-13(3-2-8-21-17)19(27)28-10-15(24)22-12-6-4-11(20)5-7-12/h2-8,14H,9-10H2,1H3,(H,22,24). The molecule has 8 nitrogen and oxygen atoms in total. The summed E-state index contributed by atoms with van der Waals surface area (Å²) in [5.74, 6) is -1.90. The van der Waals surface area contributed by atoms with Crippen molar-refractivity contribution in [3.8, 4) is 0 Å². The van der Waals surface area contributed by atoms with E-state index in [1.807, 2.05) is 0 Å². The number of hydrogen-bond donors (Lipinski definition) is 1. The Morgan fingerprint density at radius 2 is 2.00 bits per heavy atom. The molecule has 1 aliphatic heterocycles. The molecule has 0 aliphatic carbocycles. The molecule has 0 radical (unpaired) electrons. The first-order valence-corrected chi connectivity index (χ1v) is 9.75. The molecule has 0 spiro atoms. The second kappa shape index (κ2) is 9.06. The molecule has 1 atom stereocenters. The lowest BCUT2D eigenvalue weighted by atomic mass is 10.3. The molecule has 0 saturated carbocycles. The van der Waals surface area contributed by atoms with E-state index in [1.165, 1.54) is 19.3 Å². The van der Waals surface area contributed by atoms with Crippen LogP contribution in [0.2, 0.25) is 5.02 Å². The van der Waals surface area contributed by atoms with Crippen LogP contribution in [0.3, 0.4) is 0 Å². The molecule has 150 valence electrons. The Kier molecular flexibility index (Phi) is 6.50. The first kappa shape index (κ1) is 20.8. The van der Waals surface area contributed by atoms with Crippen LogP contribution >= 0.6 is 23.4 Å². The Morgan fingerprint density at radius 3 is 2.66 bits per heavy atom. The topological polar surface area (TPSA) is 106 Å². The summed E-state index contributed by atoms with van der Waals surface area (Å²) in [5.41, 5.74) is 0.633. The fourth-order valence-corrected chi connectivity index (χ4v) is 3.81. The number of nitrogens with zero attached hydrogens (tertiary/aromatic N) is 2. The average molecular weight is 434 g/mol. The van der Waals surface area contributed by atoms with Crippen LogP contribution in [0.1, 0.15) is 16.8 Å². The molecule has 2 heterocycles.